The van der Waals surface area contributed by atoms with Gasteiger partial charge in [0.25, 0.3) is 5.91 Å². The highest BCUT2D eigenvalue weighted by molar-refractivity contribution is 6.39. The largest absolute Gasteiger partial charge is 0.478 e. The van der Waals surface area contributed by atoms with Crippen LogP contribution in [-0.2, 0) is 4.79 Å². The molecule has 0 saturated carbocycles. The first-order chi connectivity index (χ1) is 10.3. The molecule has 0 atom stereocenters. The molecule has 0 heterocycles. The number of para-hydroxylation sites is 1. The summed E-state index contributed by atoms with van der Waals surface area (Å²) in [4.78, 5) is 12.4. The molecule has 2 rings (SSSR count). The van der Waals surface area contributed by atoms with E-state index in [0.717, 1.165) is 0 Å². The van der Waals surface area contributed by atoms with Crippen LogP contribution in [-0.4, -0.2) is 11.5 Å². The molecule has 0 bridgehead atoms. The minimum absolute atomic E-state index is 0.363. The summed E-state index contributed by atoms with van der Waals surface area (Å²) >= 11 is 17.9. The first-order valence-electron chi connectivity index (χ1n) is 6.49. The number of ether oxygens (including phenoxy) is 1. The van der Waals surface area contributed by atoms with E-state index < -0.39 is 5.60 Å². The predicted octanol–water partition coefficient (Wildman–Crippen LogP) is 5.44. The molecule has 116 valence electrons. The standard InChI is InChI=1S/C16H14Cl3NO2/c1-16(2,22-11-8-6-10(17)7-9-11)15(21)20-14-12(18)4-3-5-13(14)19/h3-9H,1-2H3,(H,20,21). The van der Waals surface area contributed by atoms with Crippen LogP contribution in [0.3, 0.4) is 0 Å². The molecular formula is C16H14Cl3NO2. The van der Waals surface area contributed by atoms with Crippen LogP contribution < -0.4 is 10.1 Å². The van der Waals surface area contributed by atoms with Crippen molar-refractivity contribution in [3.63, 3.8) is 0 Å². The monoisotopic (exact) mass is 357 g/mol. The quantitative estimate of drug-likeness (QED) is 0.790. The van der Waals surface area contributed by atoms with Gasteiger partial charge in [-0.25, -0.2) is 0 Å². The highest BCUT2D eigenvalue weighted by Crippen LogP contribution is 2.31. The second-order valence-corrected chi connectivity index (χ2v) is 6.37. The second kappa shape index (κ2) is 6.78. The van der Waals surface area contributed by atoms with Crippen molar-refractivity contribution in [3.8, 4) is 5.75 Å². The van der Waals surface area contributed by atoms with Gasteiger partial charge >= 0.3 is 0 Å². The summed E-state index contributed by atoms with van der Waals surface area (Å²) < 4.78 is 5.71. The molecule has 1 N–H and O–H groups in total. The third-order valence-electron chi connectivity index (χ3n) is 2.93. The zero-order valence-electron chi connectivity index (χ0n) is 12.0. The molecule has 0 spiro atoms. The molecule has 2 aromatic carbocycles. The Hall–Kier alpha value is -1.42. The first kappa shape index (κ1) is 16.9. The van der Waals surface area contributed by atoms with Crippen molar-refractivity contribution in [1.29, 1.82) is 0 Å². The lowest BCUT2D eigenvalue weighted by molar-refractivity contribution is -0.128. The third-order valence-corrected chi connectivity index (χ3v) is 3.82. The maximum absolute atomic E-state index is 12.4. The smallest absolute Gasteiger partial charge is 0.268 e. The molecule has 0 aliphatic heterocycles. The number of carbonyl (C=O) groups is 1. The van der Waals surface area contributed by atoms with Crippen LogP contribution in [0.25, 0.3) is 0 Å². The Morgan fingerprint density at radius 2 is 1.55 bits per heavy atom. The van der Waals surface area contributed by atoms with E-state index >= 15 is 0 Å². The van der Waals surface area contributed by atoms with E-state index in [2.05, 4.69) is 5.32 Å². The number of amides is 1. The SMILES string of the molecule is CC(C)(Oc1ccc(Cl)cc1)C(=O)Nc1c(Cl)cccc1Cl. The first-order valence-corrected chi connectivity index (χ1v) is 7.63. The highest BCUT2D eigenvalue weighted by atomic mass is 35.5. The van der Waals surface area contributed by atoms with Gasteiger partial charge in [0.05, 0.1) is 15.7 Å². The van der Waals surface area contributed by atoms with Crippen LogP contribution in [0.15, 0.2) is 42.5 Å². The lowest BCUT2D eigenvalue weighted by Crippen LogP contribution is -2.42. The predicted molar refractivity (Wildman–Crippen MR) is 91.3 cm³/mol. The summed E-state index contributed by atoms with van der Waals surface area (Å²) in [5, 5.41) is 4.02. The summed E-state index contributed by atoms with van der Waals surface area (Å²) in [5.74, 6) is 0.173. The van der Waals surface area contributed by atoms with Gasteiger partial charge in [0.2, 0.25) is 0 Å². The van der Waals surface area contributed by atoms with Crippen molar-refractivity contribution in [3.05, 3.63) is 57.5 Å². The lowest BCUT2D eigenvalue weighted by Gasteiger charge is -2.25. The number of nitrogens with one attached hydrogen (secondary N) is 1. The average molecular weight is 359 g/mol. The molecule has 0 aromatic heterocycles. The number of rotatable bonds is 4. The number of benzene rings is 2. The van der Waals surface area contributed by atoms with Crippen LogP contribution in [0.1, 0.15) is 13.8 Å². The summed E-state index contributed by atoms with van der Waals surface area (Å²) in [6, 6.07) is 11.8. The minimum Gasteiger partial charge on any atom is -0.478 e. The van der Waals surface area contributed by atoms with E-state index in [1.165, 1.54) is 0 Å². The minimum atomic E-state index is -1.11. The maximum atomic E-state index is 12.4. The van der Waals surface area contributed by atoms with Gasteiger partial charge in [0.15, 0.2) is 5.60 Å². The molecule has 1 amide bonds. The highest BCUT2D eigenvalue weighted by Gasteiger charge is 2.31. The molecule has 0 saturated heterocycles. The molecule has 0 fully saturated rings. The number of hydrogen-bond acceptors (Lipinski definition) is 2. The Kier molecular flexibility index (Phi) is 5.22. The van der Waals surface area contributed by atoms with Gasteiger partial charge in [-0.05, 0) is 50.2 Å². The van der Waals surface area contributed by atoms with Crippen molar-refractivity contribution >= 4 is 46.4 Å². The van der Waals surface area contributed by atoms with E-state index in [4.69, 9.17) is 39.5 Å². The Bertz CT molecular complexity index is 664. The van der Waals surface area contributed by atoms with Crippen molar-refractivity contribution in [2.75, 3.05) is 5.32 Å². The van der Waals surface area contributed by atoms with Crippen LogP contribution >= 0.6 is 34.8 Å². The average Bonchev–Trinajstić information content (AvgIpc) is 2.45. The molecule has 2 aromatic rings. The van der Waals surface area contributed by atoms with Gasteiger partial charge in [-0.3, -0.25) is 4.79 Å². The molecular weight excluding hydrogens is 345 g/mol. The van der Waals surface area contributed by atoms with E-state index in [1.54, 1.807) is 56.3 Å². The van der Waals surface area contributed by atoms with Crippen LogP contribution in [0.5, 0.6) is 5.75 Å². The van der Waals surface area contributed by atoms with Crippen molar-refractivity contribution in [2.24, 2.45) is 0 Å². The second-order valence-electron chi connectivity index (χ2n) is 5.12. The molecule has 3 nitrogen and oxygen atoms in total. The van der Waals surface area contributed by atoms with Gasteiger partial charge in [0, 0.05) is 5.02 Å². The number of carbonyl (C=O) groups excluding carboxylic acids is 1. The van der Waals surface area contributed by atoms with E-state index in [-0.39, 0.29) is 5.91 Å². The van der Waals surface area contributed by atoms with Gasteiger partial charge in [-0.15, -0.1) is 0 Å². The number of halogens is 3. The van der Waals surface area contributed by atoms with Gasteiger partial charge < -0.3 is 10.1 Å². The zero-order valence-corrected chi connectivity index (χ0v) is 14.3. The Labute approximate surface area is 144 Å². The summed E-state index contributed by atoms with van der Waals surface area (Å²) in [5.41, 5.74) is -0.750. The lowest BCUT2D eigenvalue weighted by atomic mass is 10.1. The molecule has 6 heteroatoms. The topological polar surface area (TPSA) is 38.3 Å². The van der Waals surface area contributed by atoms with Gasteiger partial charge in [-0.1, -0.05) is 40.9 Å². The third kappa shape index (κ3) is 4.07. The Morgan fingerprint density at radius 1 is 1.00 bits per heavy atom. The van der Waals surface area contributed by atoms with Crippen molar-refractivity contribution < 1.29 is 9.53 Å². The van der Waals surface area contributed by atoms with E-state index in [0.29, 0.717) is 26.5 Å². The van der Waals surface area contributed by atoms with E-state index in [9.17, 15) is 4.79 Å². The number of anilines is 1. The fourth-order valence-corrected chi connectivity index (χ4v) is 2.34. The van der Waals surface area contributed by atoms with E-state index in [1.807, 2.05) is 0 Å². The van der Waals surface area contributed by atoms with Gasteiger partial charge in [0.1, 0.15) is 5.75 Å². The van der Waals surface area contributed by atoms with Crippen molar-refractivity contribution in [2.45, 2.75) is 19.4 Å². The fraction of sp³-hybridized carbons (Fsp3) is 0.188. The van der Waals surface area contributed by atoms with Crippen LogP contribution in [0.2, 0.25) is 15.1 Å². The normalized spacial score (nSPS) is 11.1. The summed E-state index contributed by atoms with van der Waals surface area (Å²) in [6.45, 7) is 3.31. The fourth-order valence-electron chi connectivity index (χ4n) is 1.72. The molecule has 0 unspecified atom stereocenters. The van der Waals surface area contributed by atoms with Crippen molar-refractivity contribution in [1.82, 2.24) is 0 Å². The maximum Gasteiger partial charge on any atom is 0.268 e. The summed E-state index contributed by atoms with van der Waals surface area (Å²) in [7, 11) is 0. The summed E-state index contributed by atoms with van der Waals surface area (Å²) in [6.07, 6.45) is 0. The molecule has 0 aliphatic rings. The Balaban J connectivity index is 2.15. The molecule has 0 radical (unpaired) electrons. The van der Waals surface area contributed by atoms with Crippen LogP contribution in [0, 0.1) is 0 Å². The number of hydrogen-bond donors (Lipinski definition) is 1. The molecule has 0 aliphatic carbocycles. The van der Waals surface area contributed by atoms with Crippen LogP contribution in [0.4, 0.5) is 5.69 Å². The zero-order chi connectivity index (χ0) is 16.3. The molecule has 22 heavy (non-hydrogen) atoms. The van der Waals surface area contributed by atoms with Gasteiger partial charge in [-0.2, -0.15) is 0 Å². The Morgan fingerprint density at radius 3 is 2.09 bits per heavy atom.